The Labute approximate surface area is 102 Å². The van der Waals surface area contributed by atoms with Gasteiger partial charge in [0, 0.05) is 11.7 Å². The molecule has 2 atom stereocenters. The molecule has 1 aromatic rings. The van der Waals surface area contributed by atoms with Gasteiger partial charge in [0.2, 0.25) is 5.91 Å². The van der Waals surface area contributed by atoms with E-state index in [4.69, 9.17) is 5.73 Å². The highest BCUT2D eigenvalue weighted by Gasteiger charge is 2.32. The van der Waals surface area contributed by atoms with E-state index in [9.17, 15) is 4.79 Å². The molecule has 0 fully saturated rings. The minimum Gasteiger partial charge on any atom is -0.320 e. The van der Waals surface area contributed by atoms with E-state index in [1.807, 2.05) is 23.1 Å². The van der Waals surface area contributed by atoms with Crippen molar-refractivity contribution in [1.82, 2.24) is 0 Å². The van der Waals surface area contributed by atoms with Gasteiger partial charge in [-0.2, -0.15) is 0 Å². The molecule has 1 aliphatic heterocycles. The van der Waals surface area contributed by atoms with Gasteiger partial charge in [0.05, 0.1) is 6.04 Å². The van der Waals surface area contributed by atoms with Gasteiger partial charge in [-0.15, -0.1) is 6.58 Å². The molecule has 0 aromatic heterocycles. The standard InChI is InChI=1S/C14H18N2O/c1-3-6-12(15)14(17)16-10(2)9-11-7-4-5-8-13(11)16/h3-5,7-8,10,12H,1,6,9,15H2,2H3. The molecular formula is C14H18N2O. The minimum atomic E-state index is -0.485. The van der Waals surface area contributed by atoms with Crippen LogP contribution in [-0.2, 0) is 11.2 Å². The van der Waals surface area contributed by atoms with Crippen LogP contribution in [0.4, 0.5) is 5.69 Å². The number of anilines is 1. The van der Waals surface area contributed by atoms with E-state index in [1.54, 1.807) is 6.08 Å². The predicted octanol–water partition coefficient (Wildman–Crippen LogP) is 1.87. The number of hydrogen-bond donors (Lipinski definition) is 1. The van der Waals surface area contributed by atoms with Crippen molar-refractivity contribution in [3.05, 3.63) is 42.5 Å². The fourth-order valence-electron chi connectivity index (χ4n) is 2.36. The molecule has 3 nitrogen and oxygen atoms in total. The topological polar surface area (TPSA) is 46.3 Å². The monoisotopic (exact) mass is 230 g/mol. The van der Waals surface area contributed by atoms with Crippen LogP contribution in [0, 0.1) is 0 Å². The van der Waals surface area contributed by atoms with Gasteiger partial charge in [-0.3, -0.25) is 4.79 Å². The number of nitrogens with two attached hydrogens (primary N) is 1. The molecule has 1 aromatic carbocycles. The summed E-state index contributed by atoms with van der Waals surface area (Å²) in [5, 5.41) is 0. The molecule has 0 saturated heterocycles. The average Bonchev–Trinajstić information content (AvgIpc) is 2.64. The van der Waals surface area contributed by atoms with E-state index < -0.39 is 6.04 Å². The number of benzene rings is 1. The summed E-state index contributed by atoms with van der Waals surface area (Å²) in [6.07, 6.45) is 3.11. The Balaban J connectivity index is 2.27. The largest absolute Gasteiger partial charge is 0.320 e. The van der Waals surface area contributed by atoms with Gasteiger partial charge in [-0.1, -0.05) is 24.3 Å². The van der Waals surface area contributed by atoms with Gasteiger partial charge in [0.15, 0.2) is 0 Å². The second-order valence-electron chi connectivity index (χ2n) is 4.52. The summed E-state index contributed by atoms with van der Waals surface area (Å²) in [5.74, 6) is -0.0117. The first-order chi connectivity index (χ1) is 8.15. The lowest BCUT2D eigenvalue weighted by atomic mass is 10.1. The lowest BCUT2D eigenvalue weighted by Gasteiger charge is -2.25. The molecule has 17 heavy (non-hydrogen) atoms. The zero-order valence-electron chi connectivity index (χ0n) is 10.1. The van der Waals surface area contributed by atoms with Crippen molar-refractivity contribution < 1.29 is 4.79 Å². The number of carbonyl (C=O) groups excluding carboxylic acids is 1. The van der Waals surface area contributed by atoms with Crippen LogP contribution >= 0.6 is 0 Å². The van der Waals surface area contributed by atoms with Crippen molar-refractivity contribution in [2.45, 2.75) is 31.8 Å². The molecule has 1 aliphatic rings. The van der Waals surface area contributed by atoms with E-state index in [1.165, 1.54) is 5.56 Å². The van der Waals surface area contributed by atoms with E-state index in [2.05, 4.69) is 19.6 Å². The number of para-hydroxylation sites is 1. The van der Waals surface area contributed by atoms with Crippen molar-refractivity contribution in [3.63, 3.8) is 0 Å². The summed E-state index contributed by atoms with van der Waals surface area (Å²) in [4.78, 5) is 14.1. The Hall–Kier alpha value is -1.61. The lowest BCUT2D eigenvalue weighted by Crippen LogP contribution is -2.46. The van der Waals surface area contributed by atoms with E-state index >= 15 is 0 Å². The third-order valence-corrected chi connectivity index (χ3v) is 3.18. The number of amides is 1. The highest BCUT2D eigenvalue weighted by molar-refractivity contribution is 5.99. The van der Waals surface area contributed by atoms with Crippen molar-refractivity contribution in [1.29, 1.82) is 0 Å². The van der Waals surface area contributed by atoms with Crippen molar-refractivity contribution in [3.8, 4) is 0 Å². The summed E-state index contributed by atoms with van der Waals surface area (Å²) < 4.78 is 0. The van der Waals surface area contributed by atoms with Crippen molar-refractivity contribution in [2.24, 2.45) is 5.73 Å². The van der Waals surface area contributed by atoms with Crippen LogP contribution < -0.4 is 10.6 Å². The minimum absolute atomic E-state index is 0.0117. The first-order valence-corrected chi connectivity index (χ1v) is 5.92. The Morgan fingerprint density at radius 3 is 3.06 bits per heavy atom. The smallest absolute Gasteiger partial charge is 0.244 e. The maximum absolute atomic E-state index is 12.3. The lowest BCUT2D eigenvalue weighted by molar-refractivity contribution is -0.120. The fraction of sp³-hybridized carbons (Fsp3) is 0.357. The Bertz CT molecular complexity index is 442. The van der Waals surface area contributed by atoms with Gasteiger partial charge < -0.3 is 10.6 Å². The molecular weight excluding hydrogens is 212 g/mol. The van der Waals surface area contributed by atoms with Crippen LogP contribution in [0.5, 0.6) is 0 Å². The molecule has 90 valence electrons. The molecule has 0 bridgehead atoms. The average molecular weight is 230 g/mol. The summed E-state index contributed by atoms with van der Waals surface area (Å²) in [6.45, 7) is 5.68. The first kappa shape index (κ1) is 11.9. The SMILES string of the molecule is C=CCC(N)C(=O)N1c2ccccc2CC1C. The van der Waals surface area contributed by atoms with E-state index in [0.29, 0.717) is 6.42 Å². The van der Waals surface area contributed by atoms with Gasteiger partial charge in [0.1, 0.15) is 0 Å². The normalized spacial score (nSPS) is 19.9. The molecule has 2 N–H and O–H groups in total. The zero-order chi connectivity index (χ0) is 12.4. The molecule has 0 saturated carbocycles. The molecule has 3 heteroatoms. The highest BCUT2D eigenvalue weighted by atomic mass is 16.2. The van der Waals surface area contributed by atoms with Crippen LogP contribution in [0.25, 0.3) is 0 Å². The first-order valence-electron chi connectivity index (χ1n) is 5.92. The van der Waals surface area contributed by atoms with Crippen LogP contribution in [0.3, 0.4) is 0 Å². The molecule has 0 spiro atoms. The number of nitrogens with zero attached hydrogens (tertiary/aromatic N) is 1. The second kappa shape index (κ2) is 4.72. The summed E-state index contributed by atoms with van der Waals surface area (Å²) in [7, 11) is 0. The molecule has 1 heterocycles. The number of rotatable bonds is 3. The maximum Gasteiger partial charge on any atom is 0.244 e. The summed E-state index contributed by atoms with van der Waals surface area (Å²) in [6, 6.07) is 7.71. The second-order valence-corrected chi connectivity index (χ2v) is 4.52. The molecule has 2 unspecified atom stereocenters. The van der Waals surface area contributed by atoms with Crippen LogP contribution in [0.15, 0.2) is 36.9 Å². The predicted molar refractivity (Wildman–Crippen MR) is 69.9 cm³/mol. The van der Waals surface area contributed by atoms with E-state index in [0.717, 1.165) is 12.1 Å². The number of fused-ring (bicyclic) bond motifs is 1. The van der Waals surface area contributed by atoms with Crippen LogP contribution in [0.2, 0.25) is 0 Å². The molecule has 0 aliphatic carbocycles. The molecule has 2 rings (SSSR count). The summed E-state index contributed by atoms with van der Waals surface area (Å²) >= 11 is 0. The van der Waals surface area contributed by atoms with Crippen molar-refractivity contribution >= 4 is 11.6 Å². The Morgan fingerprint density at radius 1 is 1.65 bits per heavy atom. The van der Waals surface area contributed by atoms with Crippen LogP contribution in [0.1, 0.15) is 18.9 Å². The van der Waals surface area contributed by atoms with Gasteiger partial charge in [-0.05, 0) is 31.4 Å². The molecule has 1 amide bonds. The Kier molecular flexibility index (Phi) is 3.29. The maximum atomic E-state index is 12.3. The van der Waals surface area contributed by atoms with E-state index in [-0.39, 0.29) is 11.9 Å². The third kappa shape index (κ3) is 2.11. The van der Waals surface area contributed by atoms with Gasteiger partial charge in [-0.25, -0.2) is 0 Å². The van der Waals surface area contributed by atoms with Gasteiger partial charge in [0.25, 0.3) is 0 Å². The zero-order valence-corrected chi connectivity index (χ0v) is 10.1. The third-order valence-electron chi connectivity index (χ3n) is 3.18. The number of carbonyl (C=O) groups is 1. The van der Waals surface area contributed by atoms with Crippen molar-refractivity contribution in [2.75, 3.05) is 4.90 Å². The van der Waals surface area contributed by atoms with Crippen LogP contribution in [-0.4, -0.2) is 18.0 Å². The molecule has 0 radical (unpaired) electrons. The summed E-state index contributed by atoms with van der Waals surface area (Å²) in [5.41, 5.74) is 8.09. The number of hydrogen-bond acceptors (Lipinski definition) is 2. The van der Waals surface area contributed by atoms with Gasteiger partial charge >= 0.3 is 0 Å². The Morgan fingerprint density at radius 2 is 2.35 bits per heavy atom. The fourth-order valence-corrected chi connectivity index (χ4v) is 2.36. The highest BCUT2D eigenvalue weighted by Crippen LogP contribution is 2.32. The quantitative estimate of drug-likeness (QED) is 0.806.